The SMILES string of the molecule is O=C1NC(=O)[C@](CNC(=O)c2nc(-c3ccccc3)no2)(CC2CC2)N1. The van der Waals surface area contributed by atoms with Gasteiger partial charge in [0.1, 0.15) is 5.54 Å². The molecule has 4 amide bonds. The van der Waals surface area contributed by atoms with Crippen LogP contribution in [0.2, 0.25) is 0 Å². The predicted octanol–water partition coefficient (Wildman–Crippen LogP) is 0.845. The molecule has 1 saturated carbocycles. The Hall–Kier alpha value is -3.23. The third-order valence-corrected chi connectivity index (χ3v) is 4.55. The van der Waals surface area contributed by atoms with Gasteiger partial charge in [0.2, 0.25) is 5.82 Å². The van der Waals surface area contributed by atoms with Crippen molar-refractivity contribution in [3.63, 3.8) is 0 Å². The molecule has 1 aromatic carbocycles. The second-order valence-electron chi connectivity index (χ2n) is 6.61. The highest BCUT2D eigenvalue weighted by molar-refractivity contribution is 6.07. The van der Waals surface area contributed by atoms with Gasteiger partial charge in [-0.05, 0) is 12.3 Å². The van der Waals surface area contributed by atoms with E-state index >= 15 is 0 Å². The summed E-state index contributed by atoms with van der Waals surface area (Å²) in [7, 11) is 0. The molecule has 9 nitrogen and oxygen atoms in total. The molecule has 9 heteroatoms. The van der Waals surface area contributed by atoms with Crippen molar-refractivity contribution in [1.29, 1.82) is 0 Å². The van der Waals surface area contributed by atoms with Gasteiger partial charge in [0.15, 0.2) is 0 Å². The number of imide groups is 1. The fourth-order valence-corrected chi connectivity index (χ4v) is 3.01. The zero-order valence-electron chi connectivity index (χ0n) is 13.8. The molecule has 134 valence electrons. The van der Waals surface area contributed by atoms with Crippen molar-refractivity contribution in [3.05, 3.63) is 36.2 Å². The number of amides is 4. The summed E-state index contributed by atoms with van der Waals surface area (Å²) in [6.45, 7) is -0.0387. The normalized spacial score (nSPS) is 22.0. The number of aromatic nitrogens is 2. The second-order valence-corrected chi connectivity index (χ2v) is 6.61. The summed E-state index contributed by atoms with van der Waals surface area (Å²) in [6.07, 6.45) is 2.52. The number of rotatable bonds is 6. The van der Waals surface area contributed by atoms with E-state index in [0.717, 1.165) is 18.4 Å². The maximum Gasteiger partial charge on any atom is 0.322 e. The molecule has 2 fully saturated rings. The van der Waals surface area contributed by atoms with Gasteiger partial charge in [-0.2, -0.15) is 4.98 Å². The molecule has 1 atom stereocenters. The monoisotopic (exact) mass is 355 g/mol. The summed E-state index contributed by atoms with van der Waals surface area (Å²) in [5, 5.41) is 11.3. The number of carbonyl (C=O) groups is 3. The lowest BCUT2D eigenvalue weighted by Crippen LogP contribution is -2.55. The first kappa shape index (κ1) is 16.2. The number of hydrogen-bond acceptors (Lipinski definition) is 6. The highest BCUT2D eigenvalue weighted by atomic mass is 16.5. The van der Waals surface area contributed by atoms with E-state index < -0.39 is 23.4 Å². The topological polar surface area (TPSA) is 126 Å². The Bertz CT molecular complexity index is 861. The Kier molecular flexibility index (Phi) is 3.90. The number of nitrogens with zero attached hydrogens (tertiary/aromatic N) is 2. The van der Waals surface area contributed by atoms with Gasteiger partial charge in [0, 0.05) is 5.56 Å². The number of carbonyl (C=O) groups excluding carboxylic acids is 3. The van der Waals surface area contributed by atoms with Gasteiger partial charge in [-0.1, -0.05) is 48.3 Å². The average Bonchev–Trinajstić information content (AvgIpc) is 3.21. The molecule has 1 aliphatic heterocycles. The number of benzene rings is 1. The van der Waals surface area contributed by atoms with Crippen molar-refractivity contribution in [2.75, 3.05) is 6.54 Å². The summed E-state index contributed by atoms with van der Waals surface area (Å²) in [6, 6.07) is 8.57. The largest absolute Gasteiger partial charge is 0.345 e. The molecule has 0 spiro atoms. The number of hydrogen-bond donors (Lipinski definition) is 3. The summed E-state index contributed by atoms with van der Waals surface area (Å²) in [5.41, 5.74) is -0.404. The minimum Gasteiger partial charge on any atom is -0.345 e. The molecule has 4 rings (SSSR count). The van der Waals surface area contributed by atoms with Crippen LogP contribution in [0.5, 0.6) is 0 Å². The van der Waals surface area contributed by atoms with E-state index in [4.69, 9.17) is 4.52 Å². The van der Waals surface area contributed by atoms with E-state index in [2.05, 4.69) is 26.1 Å². The first-order valence-corrected chi connectivity index (χ1v) is 8.37. The fourth-order valence-electron chi connectivity index (χ4n) is 3.01. The minimum atomic E-state index is -1.13. The second kappa shape index (κ2) is 6.25. The molecular formula is C17H17N5O4. The van der Waals surface area contributed by atoms with Crippen LogP contribution in [0.15, 0.2) is 34.9 Å². The molecule has 1 aromatic heterocycles. The third-order valence-electron chi connectivity index (χ3n) is 4.55. The Labute approximate surface area is 148 Å². The van der Waals surface area contributed by atoms with Gasteiger partial charge in [0.25, 0.3) is 5.91 Å². The zero-order valence-corrected chi connectivity index (χ0v) is 13.8. The van der Waals surface area contributed by atoms with Gasteiger partial charge in [-0.3, -0.25) is 14.9 Å². The molecule has 26 heavy (non-hydrogen) atoms. The van der Waals surface area contributed by atoms with Gasteiger partial charge in [0.05, 0.1) is 6.54 Å². The molecule has 0 bridgehead atoms. The lowest BCUT2D eigenvalue weighted by molar-refractivity contribution is -0.124. The molecule has 1 saturated heterocycles. The molecule has 1 aliphatic carbocycles. The molecule has 0 unspecified atom stereocenters. The summed E-state index contributed by atoms with van der Waals surface area (Å²) in [5.74, 6) is -0.538. The van der Waals surface area contributed by atoms with Crippen LogP contribution in [-0.4, -0.2) is 40.1 Å². The van der Waals surface area contributed by atoms with Crippen molar-refractivity contribution in [3.8, 4) is 11.4 Å². The van der Waals surface area contributed by atoms with Gasteiger partial charge < -0.3 is 15.2 Å². The lowest BCUT2D eigenvalue weighted by atomic mass is 9.92. The summed E-state index contributed by atoms with van der Waals surface area (Å²) >= 11 is 0. The summed E-state index contributed by atoms with van der Waals surface area (Å²) in [4.78, 5) is 40.2. The molecule has 3 N–H and O–H groups in total. The van der Waals surface area contributed by atoms with Crippen molar-refractivity contribution < 1.29 is 18.9 Å². The average molecular weight is 355 g/mol. The Morgan fingerprint density at radius 2 is 2.04 bits per heavy atom. The van der Waals surface area contributed by atoms with E-state index in [1.165, 1.54) is 0 Å². The van der Waals surface area contributed by atoms with Gasteiger partial charge in [-0.15, -0.1) is 0 Å². The van der Waals surface area contributed by atoms with E-state index in [1.807, 2.05) is 18.2 Å². The number of urea groups is 1. The van der Waals surface area contributed by atoms with Gasteiger partial charge >= 0.3 is 17.8 Å². The molecular weight excluding hydrogens is 338 g/mol. The maximum atomic E-state index is 12.3. The van der Waals surface area contributed by atoms with Crippen LogP contribution in [0.1, 0.15) is 29.9 Å². The van der Waals surface area contributed by atoms with Crippen LogP contribution in [0.4, 0.5) is 4.79 Å². The quantitative estimate of drug-likeness (QED) is 0.659. The van der Waals surface area contributed by atoms with E-state index in [1.54, 1.807) is 12.1 Å². The van der Waals surface area contributed by atoms with Crippen LogP contribution in [-0.2, 0) is 4.79 Å². The van der Waals surface area contributed by atoms with Crippen LogP contribution >= 0.6 is 0 Å². The van der Waals surface area contributed by atoms with E-state index in [-0.39, 0.29) is 12.4 Å². The summed E-state index contributed by atoms with van der Waals surface area (Å²) < 4.78 is 5.01. The van der Waals surface area contributed by atoms with E-state index in [9.17, 15) is 14.4 Å². The Morgan fingerprint density at radius 1 is 1.27 bits per heavy atom. The molecule has 0 radical (unpaired) electrons. The van der Waals surface area contributed by atoms with E-state index in [0.29, 0.717) is 18.2 Å². The van der Waals surface area contributed by atoms with Crippen molar-refractivity contribution in [2.24, 2.45) is 5.92 Å². The maximum absolute atomic E-state index is 12.3. The highest BCUT2D eigenvalue weighted by Crippen LogP contribution is 2.37. The standard InChI is InChI=1S/C17H17N5O4/c23-13(14-19-12(22-26-14)11-4-2-1-3-5-11)18-9-17(8-10-6-7-10)15(24)20-16(25)21-17/h1-5,10H,6-9H2,(H,18,23)(H2,20,21,24,25)/t17-/m1/s1. The Morgan fingerprint density at radius 3 is 2.69 bits per heavy atom. The van der Waals surface area contributed by atoms with Crippen LogP contribution in [0.3, 0.4) is 0 Å². The smallest absolute Gasteiger partial charge is 0.322 e. The minimum absolute atomic E-state index is 0.0387. The van der Waals surface area contributed by atoms with Crippen molar-refractivity contribution in [2.45, 2.75) is 24.8 Å². The fraction of sp³-hybridized carbons (Fsp3) is 0.353. The van der Waals surface area contributed by atoms with Crippen LogP contribution < -0.4 is 16.0 Å². The molecule has 2 heterocycles. The van der Waals surface area contributed by atoms with Crippen molar-refractivity contribution >= 4 is 17.8 Å². The molecule has 2 aliphatic rings. The lowest BCUT2D eigenvalue weighted by Gasteiger charge is -2.25. The first-order chi connectivity index (χ1) is 12.6. The number of nitrogens with one attached hydrogen (secondary N) is 3. The molecule has 2 aromatic rings. The highest BCUT2D eigenvalue weighted by Gasteiger charge is 2.49. The van der Waals surface area contributed by atoms with Crippen LogP contribution in [0, 0.1) is 5.92 Å². The van der Waals surface area contributed by atoms with Crippen LogP contribution in [0.25, 0.3) is 11.4 Å². The Balaban J connectivity index is 1.45. The zero-order chi connectivity index (χ0) is 18.1. The predicted molar refractivity (Wildman–Crippen MR) is 88.8 cm³/mol. The first-order valence-electron chi connectivity index (χ1n) is 8.37. The third kappa shape index (κ3) is 3.15. The van der Waals surface area contributed by atoms with Crippen molar-refractivity contribution in [1.82, 2.24) is 26.1 Å². The van der Waals surface area contributed by atoms with Gasteiger partial charge in [-0.25, -0.2) is 4.79 Å².